The third-order valence-corrected chi connectivity index (χ3v) is 4.72. The van der Waals surface area contributed by atoms with Crippen molar-refractivity contribution in [2.45, 2.75) is 25.8 Å². The molecule has 0 aliphatic carbocycles. The summed E-state index contributed by atoms with van der Waals surface area (Å²) >= 11 is 1.43. The molecule has 1 aliphatic rings. The summed E-state index contributed by atoms with van der Waals surface area (Å²) < 4.78 is 0. The molecule has 1 atom stereocenters. The Morgan fingerprint density at radius 1 is 1.35 bits per heavy atom. The third kappa shape index (κ3) is 3.81. The molecular weight excluding hydrogens is 346 g/mol. The lowest BCUT2D eigenvalue weighted by Crippen LogP contribution is -2.26. The maximum Gasteiger partial charge on any atom is 0.185 e. The van der Waals surface area contributed by atoms with Crippen molar-refractivity contribution >= 4 is 22.7 Å². The minimum Gasteiger partial charge on any atom is -0.378 e. The second-order valence-corrected chi connectivity index (χ2v) is 7.41. The number of pyridine rings is 2. The van der Waals surface area contributed by atoms with Crippen molar-refractivity contribution in [3.05, 3.63) is 70.2 Å². The monoisotopic (exact) mass is 363 g/mol. The lowest BCUT2D eigenvalue weighted by Gasteiger charge is -2.26. The van der Waals surface area contributed by atoms with Crippen LogP contribution in [-0.4, -0.2) is 20.9 Å². The highest BCUT2D eigenvalue weighted by atomic mass is 32.2. The van der Waals surface area contributed by atoms with E-state index < -0.39 is 5.54 Å². The SMILES string of the molecule is CC1=C[C@@](C)(c2cc(CC(=O)c3ccc(C#N)cn3)ccn2)N=C(N)S1. The zero-order valence-corrected chi connectivity index (χ0v) is 15.2. The average molecular weight is 363 g/mol. The number of aliphatic imine (C=N–C) groups is 1. The highest BCUT2D eigenvalue weighted by Gasteiger charge is 2.29. The Labute approximate surface area is 155 Å². The Hall–Kier alpha value is -2.98. The normalized spacial score (nSPS) is 19.3. The number of amidine groups is 1. The number of hydrogen-bond acceptors (Lipinski definition) is 7. The van der Waals surface area contributed by atoms with Gasteiger partial charge in [-0.15, -0.1) is 0 Å². The minimum absolute atomic E-state index is 0.120. The molecule has 26 heavy (non-hydrogen) atoms. The lowest BCUT2D eigenvalue weighted by molar-refractivity contribution is 0.0988. The van der Waals surface area contributed by atoms with Crippen LogP contribution in [0.1, 0.15) is 41.2 Å². The van der Waals surface area contributed by atoms with Gasteiger partial charge in [0.1, 0.15) is 17.3 Å². The quantitative estimate of drug-likeness (QED) is 0.837. The molecule has 2 aromatic heterocycles. The zero-order chi connectivity index (χ0) is 18.7. The molecule has 3 rings (SSSR count). The van der Waals surface area contributed by atoms with Gasteiger partial charge < -0.3 is 5.73 Å². The molecule has 7 heteroatoms. The number of thioether (sulfide) groups is 1. The maximum absolute atomic E-state index is 12.5. The van der Waals surface area contributed by atoms with E-state index in [1.165, 1.54) is 18.0 Å². The van der Waals surface area contributed by atoms with Gasteiger partial charge in [-0.25, -0.2) is 4.99 Å². The predicted octanol–water partition coefficient (Wildman–Crippen LogP) is 2.95. The first kappa shape index (κ1) is 17.8. The van der Waals surface area contributed by atoms with Crippen LogP contribution in [-0.2, 0) is 12.0 Å². The van der Waals surface area contributed by atoms with Crippen LogP contribution in [0, 0.1) is 11.3 Å². The molecule has 0 radical (unpaired) electrons. The number of nitriles is 1. The molecule has 3 heterocycles. The molecule has 1 aliphatic heterocycles. The van der Waals surface area contributed by atoms with Gasteiger partial charge in [0, 0.05) is 18.8 Å². The van der Waals surface area contributed by atoms with Gasteiger partial charge in [-0.3, -0.25) is 14.8 Å². The molecule has 0 fully saturated rings. The Morgan fingerprint density at radius 3 is 2.81 bits per heavy atom. The number of carbonyl (C=O) groups excluding carboxylic acids is 1. The maximum atomic E-state index is 12.5. The summed E-state index contributed by atoms with van der Waals surface area (Å²) in [6, 6.07) is 8.82. The summed E-state index contributed by atoms with van der Waals surface area (Å²) in [5.41, 5.74) is 7.59. The van der Waals surface area contributed by atoms with Crippen LogP contribution in [0.25, 0.3) is 0 Å². The molecule has 0 amide bonds. The number of carbonyl (C=O) groups is 1. The number of nitrogens with two attached hydrogens (primary N) is 1. The smallest absolute Gasteiger partial charge is 0.185 e. The van der Waals surface area contributed by atoms with E-state index in [1.54, 1.807) is 24.4 Å². The van der Waals surface area contributed by atoms with Gasteiger partial charge >= 0.3 is 0 Å². The summed E-state index contributed by atoms with van der Waals surface area (Å²) in [4.78, 5) is 26.5. The van der Waals surface area contributed by atoms with Gasteiger partial charge in [-0.1, -0.05) is 11.8 Å². The molecule has 2 aromatic rings. The van der Waals surface area contributed by atoms with E-state index in [4.69, 9.17) is 11.0 Å². The molecule has 6 nitrogen and oxygen atoms in total. The zero-order valence-electron chi connectivity index (χ0n) is 14.4. The average Bonchev–Trinajstić information content (AvgIpc) is 2.61. The van der Waals surface area contributed by atoms with E-state index in [0.29, 0.717) is 16.4 Å². The van der Waals surface area contributed by atoms with Gasteiger partial charge in [0.25, 0.3) is 0 Å². The molecule has 0 unspecified atom stereocenters. The summed E-state index contributed by atoms with van der Waals surface area (Å²) in [6.45, 7) is 3.92. The van der Waals surface area contributed by atoms with Crippen LogP contribution in [0.4, 0.5) is 0 Å². The summed E-state index contributed by atoms with van der Waals surface area (Å²) in [5.74, 6) is -0.120. The Kier molecular flexibility index (Phi) is 4.87. The van der Waals surface area contributed by atoms with Crippen molar-refractivity contribution in [3.8, 4) is 6.07 Å². The van der Waals surface area contributed by atoms with Crippen molar-refractivity contribution in [1.82, 2.24) is 9.97 Å². The van der Waals surface area contributed by atoms with Gasteiger partial charge in [0.05, 0.1) is 11.3 Å². The number of aromatic nitrogens is 2. The number of ketones is 1. The lowest BCUT2D eigenvalue weighted by atomic mass is 9.95. The highest BCUT2D eigenvalue weighted by Crippen LogP contribution is 2.35. The molecule has 0 bridgehead atoms. The summed E-state index contributed by atoms with van der Waals surface area (Å²) in [7, 11) is 0. The van der Waals surface area contributed by atoms with E-state index >= 15 is 0 Å². The van der Waals surface area contributed by atoms with Gasteiger partial charge in [-0.05, 0) is 54.7 Å². The van der Waals surface area contributed by atoms with Crippen molar-refractivity contribution < 1.29 is 4.79 Å². The fourth-order valence-corrected chi connectivity index (χ4v) is 3.62. The number of allylic oxidation sites excluding steroid dienone is 1. The third-order valence-electron chi connectivity index (χ3n) is 3.98. The molecule has 0 saturated heterocycles. The Balaban J connectivity index is 1.84. The second-order valence-electron chi connectivity index (χ2n) is 6.15. The van der Waals surface area contributed by atoms with Crippen LogP contribution < -0.4 is 5.73 Å². The number of rotatable bonds is 4. The minimum atomic E-state index is -0.648. The largest absolute Gasteiger partial charge is 0.378 e. The molecule has 0 saturated carbocycles. The van der Waals surface area contributed by atoms with Crippen LogP contribution in [0.3, 0.4) is 0 Å². The van der Waals surface area contributed by atoms with Crippen molar-refractivity contribution in [3.63, 3.8) is 0 Å². The van der Waals surface area contributed by atoms with Crippen LogP contribution in [0.2, 0.25) is 0 Å². The fourth-order valence-electron chi connectivity index (χ4n) is 2.77. The van der Waals surface area contributed by atoms with Gasteiger partial charge in [0.15, 0.2) is 11.0 Å². The fraction of sp³-hybridized carbons (Fsp3) is 0.211. The molecular formula is C19H17N5OS. The van der Waals surface area contributed by atoms with Gasteiger partial charge in [0.2, 0.25) is 0 Å². The first-order chi connectivity index (χ1) is 12.4. The van der Waals surface area contributed by atoms with E-state index in [2.05, 4.69) is 15.0 Å². The predicted molar refractivity (Wildman–Crippen MR) is 102 cm³/mol. The number of hydrogen-bond donors (Lipinski definition) is 1. The first-order valence-electron chi connectivity index (χ1n) is 7.97. The molecule has 0 aromatic carbocycles. The van der Waals surface area contributed by atoms with E-state index in [-0.39, 0.29) is 12.2 Å². The Bertz CT molecular complexity index is 939. The molecule has 0 spiro atoms. The second kappa shape index (κ2) is 7.10. The van der Waals surface area contributed by atoms with E-state index in [0.717, 1.165) is 16.2 Å². The molecule has 130 valence electrons. The van der Waals surface area contributed by atoms with E-state index in [9.17, 15) is 4.79 Å². The number of nitrogens with zero attached hydrogens (tertiary/aromatic N) is 4. The van der Waals surface area contributed by atoms with Crippen LogP contribution >= 0.6 is 11.8 Å². The number of Topliss-reactive ketones (excluding diaryl/α,β-unsaturated/α-hetero) is 1. The van der Waals surface area contributed by atoms with Crippen molar-refractivity contribution in [2.75, 3.05) is 0 Å². The summed E-state index contributed by atoms with van der Waals surface area (Å²) in [6.07, 6.45) is 5.29. The van der Waals surface area contributed by atoms with E-state index in [1.807, 2.05) is 32.1 Å². The Morgan fingerprint density at radius 2 is 2.15 bits per heavy atom. The highest BCUT2D eigenvalue weighted by molar-refractivity contribution is 8.17. The summed E-state index contributed by atoms with van der Waals surface area (Å²) in [5, 5.41) is 9.31. The standard InChI is InChI=1S/C19H17N5OS/c1-12-9-19(2,24-18(21)26-12)17-8-13(5-6-22-17)7-16(25)15-4-3-14(10-20)11-23-15/h3-6,8-9,11H,7H2,1-2H3,(H2,21,24)/t19-/m0/s1. The van der Waals surface area contributed by atoms with Crippen molar-refractivity contribution in [1.29, 1.82) is 5.26 Å². The van der Waals surface area contributed by atoms with Crippen LogP contribution in [0.15, 0.2) is 52.6 Å². The van der Waals surface area contributed by atoms with Gasteiger partial charge in [-0.2, -0.15) is 5.26 Å². The topological polar surface area (TPSA) is 105 Å². The molecule has 2 N–H and O–H groups in total. The van der Waals surface area contributed by atoms with Crippen molar-refractivity contribution in [2.24, 2.45) is 10.7 Å². The first-order valence-corrected chi connectivity index (χ1v) is 8.79. The van der Waals surface area contributed by atoms with Crippen LogP contribution in [0.5, 0.6) is 0 Å².